The molecule has 1 aliphatic heterocycles. The van der Waals surface area contributed by atoms with Crippen LogP contribution in [0.2, 0.25) is 0 Å². The molecule has 1 fully saturated rings. The van der Waals surface area contributed by atoms with E-state index in [4.69, 9.17) is 0 Å². The van der Waals surface area contributed by atoms with Gasteiger partial charge in [-0.15, -0.1) is 11.3 Å². The summed E-state index contributed by atoms with van der Waals surface area (Å²) in [5.41, 5.74) is 0.340. The molecule has 96 valence electrons. The van der Waals surface area contributed by atoms with E-state index in [9.17, 15) is 0 Å². The Morgan fingerprint density at radius 3 is 2.59 bits per heavy atom. The van der Waals surface area contributed by atoms with Crippen LogP contribution < -0.4 is 5.32 Å². The van der Waals surface area contributed by atoms with E-state index in [0.717, 1.165) is 0 Å². The van der Waals surface area contributed by atoms with Crippen molar-refractivity contribution >= 4 is 27.3 Å². The summed E-state index contributed by atoms with van der Waals surface area (Å²) in [7, 11) is 2.08. The molecule has 0 bridgehead atoms. The topological polar surface area (TPSA) is 15.3 Å². The number of hydrogen-bond acceptors (Lipinski definition) is 3. The molecule has 1 aromatic heterocycles. The average molecular weight is 317 g/mol. The monoisotopic (exact) mass is 316 g/mol. The Kier molecular flexibility index (Phi) is 4.29. The number of piperidine rings is 1. The minimum absolute atomic E-state index is 0.340. The first-order chi connectivity index (χ1) is 8.04. The van der Waals surface area contributed by atoms with Crippen molar-refractivity contribution in [2.45, 2.75) is 38.3 Å². The van der Waals surface area contributed by atoms with Gasteiger partial charge in [0.05, 0.1) is 0 Å². The van der Waals surface area contributed by atoms with Gasteiger partial charge in [-0.25, -0.2) is 0 Å². The van der Waals surface area contributed by atoms with E-state index in [2.05, 4.69) is 58.5 Å². The number of thiophene rings is 1. The lowest BCUT2D eigenvalue weighted by Gasteiger charge is -2.41. The zero-order chi connectivity index (χ0) is 12.5. The molecule has 1 saturated heterocycles. The first-order valence-corrected chi connectivity index (χ1v) is 7.88. The summed E-state index contributed by atoms with van der Waals surface area (Å²) in [4.78, 5) is 4.06. The molecule has 2 nitrogen and oxygen atoms in total. The Bertz CT molecular complexity index is 369. The Labute approximate surface area is 117 Å². The molecule has 17 heavy (non-hydrogen) atoms. The van der Waals surface area contributed by atoms with Gasteiger partial charge in [-0.3, -0.25) is 4.90 Å². The number of rotatable bonds is 3. The summed E-state index contributed by atoms with van der Waals surface area (Å²) in [6, 6.07) is 2.80. The van der Waals surface area contributed by atoms with Crippen LogP contribution in [0, 0.1) is 0 Å². The highest BCUT2D eigenvalue weighted by Crippen LogP contribution is 2.32. The highest BCUT2D eigenvalue weighted by atomic mass is 79.9. The Morgan fingerprint density at radius 1 is 1.47 bits per heavy atom. The molecule has 1 atom stereocenters. The van der Waals surface area contributed by atoms with Crippen molar-refractivity contribution in [3.05, 3.63) is 20.8 Å². The van der Waals surface area contributed by atoms with Crippen LogP contribution in [0.25, 0.3) is 0 Å². The van der Waals surface area contributed by atoms with Crippen molar-refractivity contribution in [3.8, 4) is 0 Å². The fraction of sp³-hybridized carbons (Fsp3) is 0.692. The van der Waals surface area contributed by atoms with Crippen molar-refractivity contribution in [2.75, 3.05) is 20.1 Å². The van der Waals surface area contributed by atoms with Crippen LogP contribution in [-0.4, -0.2) is 30.6 Å². The fourth-order valence-electron chi connectivity index (χ4n) is 2.38. The van der Waals surface area contributed by atoms with Crippen LogP contribution in [-0.2, 0) is 0 Å². The molecule has 0 aliphatic carbocycles. The minimum atomic E-state index is 0.340. The first-order valence-electron chi connectivity index (χ1n) is 6.21. The molecule has 2 heterocycles. The third-order valence-electron chi connectivity index (χ3n) is 4.05. The number of nitrogens with one attached hydrogen (secondary N) is 1. The lowest BCUT2D eigenvalue weighted by molar-refractivity contribution is 0.119. The predicted octanol–water partition coefficient (Wildman–Crippen LogP) is 3.65. The second-order valence-electron chi connectivity index (χ2n) is 5.19. The largest absolute Gasteiger partial charge is 0.314 e. The van der Waals surface area contributed by atoms with Crippen LogP contribution in [0.4, 0.5) is 0 Å². The fourth-order valence-corrected chi connectivity index (χ4v) is 3.92. The van der Waals surface area contributed by atoms with E-state index < -0.39 is 0 Å². The molecule has 0 aromatic carbocycles. The molecule has 0 saturated carbocycles. The third kappa shape index (κ3) is 3.11. The molecule has 1 aliphatic rings. The molecule has 0 radical (unpaired) electrons. The van der Waals surface area contributed by atoms with E-state index in [-0.39, 0.29) is 0 Å². The van der Waals surface area contributed by atoms with Gasteiger partial charge >= 0.3 is 0 Å². The van der Waals surface area contributed by atoms with Crippen molar-refractivity contribution in [2.24, 2.45) is 0 Å². The Balaban J connectivity index is 1.97. The lowest BCUT2D eigenvalue weighted by atomic mass is 9.89. The van der Waals surface area contributed by atoms with Gasteiger partial charge in [0.1, 0.15) is 0 Å². The van der Waals surface area contributed by atoms with E-state index >= 15 is 0 Å². The van der Waals surface area contributed by atoms with Gasteiger partial charge in [0.2, 0.25) is 0 Å². The van der Waals surface area contributed by atoms with E-state index in [1.807, 2.05) is 11.3 Å². The normalized spacial score (nSPS) is 22.6. The summed E-state index contributed by atoms with van der Waals surface area (Å²) >= 11 is 5.39. The van der Waals surface area contributed by atoms with Gasteiger partial charge in [0.15, 0.2) is 0 Å². The standard InChI is InChI=1S/C13H21BrN2S/c1-10(12-8-11(14)9-17-12)16-6-4-13(2,15-3)5-7-16/h8-10,15H,4-7H2,1-3H3. The van der Waals surface area contributed by atoms with Crippen LogP contribution in [0.15, 0.2) is 15.9 Å². The van der Waals surface area contributed by atoms with E-state index in [1.54, 1.807) is 0 Å². The second-order valence-corrected chi connectivity index (χ2v) is 7.05. The highest BCUT2D eigenvalue weighted by molar-refractivity contribution is 9.10. The van der Waals surface area contributed by atoms with Gasteiger partial charge < -0.3 is 5.32 Å². The van der Waals surface area contributed by atoms with Gasteiger partial charge in [0.25, 0.3) is 0 Å². The molecule has 1 aromatic rings. The smallest absolute Gasteiger partial charge is 0.0413 e. The Hall–Kier alpha value is 0.1000. The number of hydrogen-bond donors (Lipinski definition) is 1. The summed E-state index contributed by atoms with van der Waals surface area (Å²) in [5.74, 6) is 0. The maximum absolute atomic E-state index is 3.54. The third-order valence-corrected chi connectivity index (χ3v) is 5.92. The molecular weight excluding hydrogens is 296 g/mol. The molecule has 0 spiro atoms. The number of likely N-dealkylation sites (tertiary alicyclic amines) is 1. The van der Waals surface area contributed by atoms with Crippen LogP contribution >= 0.6 is 27.3 Å². The second kappa shape index (κ2) is 5.39. The molecular formula is C13H21BrN2S. The van der Waals surface area contributed by atoms with Crippen molar-refractivity contribution in [3.63, 3.8) is 0 Å². The summed E-state index contributed by atoms with van der Waals surface area (Å²) in [6.45, 7) is 7.03. The van der Waals surface area contributed by atoms with Crippen LogP contribution in [0.3, 0.4) is 0 Å². The van der Waals surface area contributed by atoms with Gasteiger partial charge in [-0.1, -0.05) is 0 Å². The number of nitrogens with zero attached hydrogens (tertiary/aromatic N) is 1. The molecule has 0 amide bonds. The van der Waals surface area contributed by atoms with Crippen LogP contribution in [0.5, 0.6) is 0 Å². The van der Waals surface area contributed by atoms with Gasteiger partial charge in [0, 0.05) is 39.4 Å². The summed E-state index contributed by atoms with van der Waals surface area (Å²) in [5, 5.41) is 5.63. The van der Waals surface area contributed by atoms with Crippen molar-refractivity contribution in [1.29, 1.82) is 0 Å². The molecule has 1 N–H and O–H groups in total. The van der Waals surface area contributed by atoms with Crippen molar-refractivity contribution < 1.29 is 0 Å². The average Bonchev–Trinajstić information content (AvgIpc) is 2.76. The number of halogens is 1. The zero-order valence-corrected chi connectivity index (χ0v) is 13.2. The van der Waals surface area contributed by atoms with E-state index in [0.29, 0.717) is 11.6 Å². The Morgan fingerprint density at radius 2 is 2.12 bits per heavy atom. The van der Waals surface area contributed by atoms with Crippen molar-refractivity contribution in [1.82, 2.24) is 10.2 Å². The maximum atomic E-state index is 3.54. The SMILES string of the molecule is CNC1(C)CCN(C(C)c2cc(Br)cs2)CC1. The van der Waals surface area contributed by atoms with E-state index in [1.165, 1.54) is 35.3 Å². The summed E-state index contributed by atoms with van der Waals surface area (Å²) < 4.78 is 1.21. The first kappa shape index (κ1) is 13.5. The lowest BCUT2D eigenvalue weighted by Crippen LogP contribution is -2.50. The predicted molar refractivity (Wildman–Crippen MR) is 78.7 cm³/mol. The molecule has 2 rings (SSSR count). The summed E-state index contributed by atoms with van der Waals surface area (Å²) in [6.07, 6.45) is 2.47. The zero-order valence-electron chi connectivity index (χ0n) is 10.8. The minimum Gasteiger partial charge on any atom is -0.314 e. The quantitative estimate of drug-likeness (QED) is 0.915. The van der Waals surface area contributed by atoms with Gasteiger partial charge in [-0.05, 0) is 55.7 Å². The molecule has 4 heteroatoms. The molecule has 1 unspecified atom stereocenters. The maximum Gasteiger partial charge on any atom is 0.0413 e. The van der Waals surface area contributed by atoms with Gasteiger partial charge in [-0.2, -0.15) is 0 Å². The highest BCUT2D eigenvalue weighted by Gasteiger charge is 2.30. The van der Waals surface area contributed by atoms with Crippen LogP contribution in [0.1, 0.15) is 37.6 Å².